The second kappa shape index (κ2) is 6.65. The van der Waals surface area contributed by atoms with E-state index in [-0.39, 0.29) is 5.91 Å². The van der Waals surface area contributed by atoms with Gasteiger partial charge in [0.05, 0.1) is 0 Å². The van der Waals surface area contributed by atoms with E-state index >= 15 is 0 Å². The molecule has 0 aliphatic carbocycles. The molecule has 0 aliphatic rings. The number of carboxylic acids is 1. The van der Waals surface area contributed by atoms with Gasteiger partial charge in [-0.1, -0.05) is 18.2 Å². The molecule has 2 aromatic rings. The monoisotopic (exact) mass is 285 g/mol. The number of carbonyl (C=O) groups excluding carboxylic acids is 1. The van der Waals surface area contributed by atoms with E-state index in [9.17, 15) is 9.59 Å². The van der Waals surface area contributed by atoms with Gasteiger partial charge in [0, 0.05) is 23.3 Å². The minimum atomic E-state index is -1.06. The molecule has 0 radical (unpaired) electrons. The smallest absolute Gasteiger partial charge is 0.325 e. The van der Waals surface area contributed by atoms with E-state index in [0.717, 1.165) is 5.56 Å². The highest BCUT2D eigenvalue weighted by molar-refractivity contribution is 5.96. The van der Waals surface area contributed by atoms with E-state index in [1.54, 1.807) is 12.1 Å². The molecule has 1 aromatic heterocycles. The summed E-state index contributed by atoms with van der Waals surface area (Å²) in [6.07, 6.45) is 3.93. The van der Waals surface area contributed by atoms with Gasteiger partial charge in [0.25, 0.3) is 5.91 Å². The van der Waals surface area contributed by atoms with Crippen molar-refractivity contribution in [2.24, 2.45) is 0 Å². The fraction of sp³-hybridized carbons (Fsp3) is 0.188. The lowest BCUT2D eigenvalue weighted by molar-refractivity contribution is -0.688. The normalized spacial score (nSPS) is 11.7. The molecule has 1 heterocycles. The highest BCUT2D eigenvalue weighted by Crippen LogP contribution is 2.05. The fourth-order valence-electron chi connectivity index (χ4n) is 1.85. The number of hydrogen-bond acceptors (Lipinski definition) is 2. The standard InChI is InChI=1S/C16H16N2O3/c1-12(16(20)21)17-15(19)14-7-5-13(6-8-14)11-18-9-3-2-4-10-18/h2-10,12H,11H2,1H3,(H-,17,19,20,21)/p+1. The summed E-state index contributed by atoms with van der Waals surface area (Å²) in [5.41, 5.74) is 1.51. The van der Waals surface area contributed by atoms with Crippen LogP contribution < -0.4 is 9.88 Å². The van der Waals surface area contributed by atoms with Crippen LogP contribution in [-0.2, 0) is 11.3 Å². The van der Waals surface area contributed by atoms with Crippen molar-refractivity contribution >= 4 is 11.9 Å². The van der Waals surface area contributed by atoms with E-state index in [4.69, 9.17) is 5.11 Å². The molecule has 1 unspecified atom stereocenters. The molecular weight excluding hydrogens is 268 g/mol. The second-order valence-electron chi connectivity index (χ2n) is 4.78. The first-order chi connectivity index (χ1) is 10.1. The quantitative estimate of drug-likeness (QED) is 0.812. The molecule has 2 N–H and O–H groups in total. The first-order valence-electron chi connectivity index (χ1n) is 6.63. The summed E-state index contributed by atoms with van der Waals surface area (Å²) < 4.78 is 2.03. The third kappa shape index (κ3) is 4.14. The third-order valence-electron chi connectivity index (χ3n) is 3.08. The van der Waals surface area contributed by atoms with Gasteiger partial charge in [-0.25, -0.2) is 4.57 Å². The van der Waals surface area contributed by atoms with Gasteiger partial charge in [-0.2, -0.15) is 0 Å². The zero-order valence-corrected chi connectivity index (χ0v) is 11.7. The van der Waals surface area contributed by atoms with Crippen LogP contribution in [0.15, 0.2) is 54.9 Å². The minimum Gasteiger partial charge on any atom is -0.480 e. The van der Waals surface area contributed by atoms with Gasteiger partial charge in [0.15, 0.2) is 18.9 Å². The minimum absolute atomic E-state index is 0.385. The van der Waals surface area contributed by atoms with Crippen molar-refractivity contribution in [1.82, 2.24) is 5.32 Å². The van der Waals surface area contributed by atoms with E-state index in [1.807, 2.05) is 47.3 Å². The van der Waals surface area contributed by atoms with Crippen molar-refractivity contribution in [1.29, 1.82) is 0 Å². The van der Waals surface area contributed by atoms with Crippen LogP contribution in [0.5, 0.6) is 0 Å². The first-order valence-corrected chi connectivity index (χ1v) is 6.63. The molecule has 21 heavy (non-hydrogen) atoms. The Morgan fingerprint density at radius 2 is 1.76 bits per heavy atom. The summed E-state index contributed by atoms with van der Waals surface area (Å²) in [6, 6.07) is 12.1. The highest BCUT2D eigenvalue weighted by Gasteiger charge is 2.15. The number of rotatable bonds is 5. The Labute approximate surface area is 122 Å². The molecule has 0 bridgehead atoms. The number of aliphatic carboxylic acids is 1. The number of benzene rings is 1. The number of carbonyl (C=O) groups is 2. The van der Waals surface area contributed by atoms with E-state index in [0.29, 0.717) is 12.1 Å². The number of nitrogens with zero attached hydrogens (tertiary/aromatic N) is 1. The van der Waals surface area contributed by atoms with Crippen molar-refractivity contribution < 1.29 is 19.3 Å². The zero-order valence-electron chi connectivity index (χ0n) is 11.7. The molecule has 0 spiro atoms. The van der Waals surface area contributed by atoms with Crippen LogP contribution >= 0.6 is 0 Å². The highest BCUT2D eigenvalue weighted by atomic mass is 16.4. The lowest BCUT2D eigenvalue weighted by atomic mass is 10.1. The lowest BCUT2D eigenvalue weighted by Crippen LogP contribution is -2.38. The van der Waals surface area contributed by atoms with Crippen LogP contribution in [0, 0.1) is 0 Å². The molecule has 0 fully saturated rings. The summed E-state index contributed by atoms with van der Waals surface area (Å²) in [5, 5.41) is 11.2. The van der Waals surface area contributed by atoms with Crippen LogP contribution in [0.2, 0.25) is 0 Å². The summed E-state index contributed by atoms with van der Waals surface area (Å²) in [6.45, 7) is 2.15. The SMILES string of the molecule is CC(NC(=O)c1ccc(C[n+]2ccccc2)cc1)C(=O)O. The maximum atomic E-state index is 11.8. The average molecular weight is 285 g/mol. The molecule has 0 saturated carbocycles. The maximum absolute atomic E-state index is 11.8. The van der Waals surface area contributed by atoms with E-state index in [2.05, 4.69) is 5.32 Å². The van der Waals surface area contributed by atoms with Crippen LogP contribution in [0.3, 0.4) is 0 Å². The Kier molecular flexibility index (Phi) is 4.66. The van der Waals surface area contributed by atoms with Crippen molar-refractivity contribution in [3.63, 3.8) is 0 Å². The first kappa shape index (κ1) is 14.7. The van der Waals surface area contributed by atoms with Crippen LogP contribution in [0.4, 0.5) is 0 Å². The molecule has 1 aromatic carbocycles. The van der Waals surface area contributed by atoms with Crippen molar-refractivity contribution in [2.75, 3.05) is 0 Å². The van der Waals surface area contributed by atoms with Gasteiger partial charge < -0.3 is 10.4 Å². The molecular formula is C16H17N2O3+. The van der Waals surface area contributed by atoms with Gasteiger partial charge in [0.1, 0.15) is 6.04 Å². The third-order valence-corrected chi connectivity index (χ3v) is 3.08. The topological polar surface area (TPSA) is 70.3 Å². The molecule has 1 atom stereocenters. The number of hydrogen-bond donors (Lipinski definition) is 2. The predicted molar refractivity (Wildman–Crippen MR) is 76.7 cm³/mol. The van der Waals surface area contributed by atoms with Crippen LogP contribution in [0.1, 0.15) is 22.8 Å². The van der Waals surface area contributed by atoms with E-state index < -0.39 is 12.0 Å². The number of amides is 1. The Morgan fingerprint density at radius 3 is 2.33 bits per heavy atom. The summed E-state index contributed by atoms with van der Waals surface area (Å²) >= 11 is 0. The molecule has 5 heteroatoms. The van der Waals surface area contributed by atoms with Gasteiger partial charge in [-0.3, -0.25) is 9.59 Å². The molecule has 1 amide bonds. The Hall–Kier alpha value is -2.69. The molecule has 108 valence electrons. The average Bonchev–Trinajstić information content (AvgIpc) is 2.48. The van der Waals surface area contributed by atoms with Gasteiger partial charge in [0.2, 0.25) is 0 Å². The Balaban J connectivity index is 2.02. The van der Waals surface area contributed by atoms with Crippen molar-refractivity contribution in [2.45, 2.75) is 19.5 Å². The Morgan fingerprint density at radius 1 is 1.14 bits per heavy atom. The molecule has 0 saturated heterocycles. The number of carboxylic acid groups (broad SMARTS) is 1. The summed E-state index contributed by atoms with van der Waals surface area (Å²) in [7, 11) is 0. The van der Waals surface area contributed by atoms with Crippen molar-refractivity contribution in [3.05, 3.63) is 66.0 Å². The molecule has 0 aliphatic heterocycles. The predicted octanol–water partition coefficient (Wildman–Crippen LogP) is 1.23. The van der Waals surface area contributed by atoms with Gasteiger partial charge in [-0.05, 0) is 19.1 Å². The molecule has 5 nitrogen and oxygen atoms in total. The van der Waals surface area contributed by atoms with Gasteiger partial charge in [-0.15, -0.1) is 0 Å². The summed E-state index contributed by atoms with van der Waals surface area (Å²) in [5.74, 6) is -1.44. The summed E-state index contributed by atoms with van der Waals surface area (Å²) in [4.78, 5) is 22.6. The van der Waals surface area contributed by atoms with Crippen LogP contribution in [0.25, 0.3) is 0 Å². The van der Waals surface area contributed by atoms with Gasteiger partial charge >= 0.3 is 5.97 Å². The van der Waals surface area contributed by atoms with Crippen molar-refractivity contribution in [3.8, 4) is 0 Å². The molecule has 2 rings (SSSR count). The second-order valence-corrected chi connectivity index (χ2v) is 4.78. The maximum Gasteiger partial charge on any atom is 0.325 e. The Bertz CT molecular complexity index is 624. The number of pyridine rings is 1. The largest absolute Gasteiger partial charge is 0.480 e. The number of aromatic nitrogens is 1. The number of nitrogens with one attached hydrogen (secondary N) is 1. The fourth-order valence-corrected chi connectivity index (χ4v) is 1.85. The van der Waals surface area contributed by atoms with Crippen LogP contribution in [-0.4, -0.2) is 23.0 Å². The van der Waals surface area contributed by atoms with E-state index in [1.165, 1.54) is 6.92 Å². The lowest BCUT2D eigenvalue weighted by Gasteiger charge is -2.09. The zero-order chi connectivity index (χ0) is 15.2.